The Morgan fingerprint density at radius 2 is 2.00 bits per heavy atom. The van der Waals surface area contributed by atoms with Crippen molar-refractivity contribution in [1.29, 1.82) is 0 Å². The second-order valence-electron chi connectivity index (χ2n) is 2.07. The van der Waals surface area contributed by atoms with Crippen LogP contribution in [0.2, 0.25) is 0 Å². The van der Waals surface area contributed by atoms with Crippen LogP contribution in [0.15, 0.2) is 35.2 Å². The molecule has 60 valence electrons. The van der Waals surface area contributed by atoms with E-state index in [-0.39, 0.29) is 0 Å². The minimum Gasteiger partial charge on any atom is -0.338 e. The molecule has 0 saturated heterocycles. The third-order valence-electron chi connectivity index (χ3n) is 1.24. The van der Waals surface area contributed by atoms with Crippen LogP contribution in [0.5, 0.6) is 0 Å². The van der Waals surface area contributed by atoms with E-state index in [4.69, 9.17) is 4.52 Å². The van der Waals surface area contributed by atoms with Crippen molar-refractivity contribution in [2.75, 3.05) is 5.32 Å². The second kappa shape index (κ2) is 3.00. The highest BCUT2D eigenvalue weighted by atomic mass is 16.5. The molecule has 1 N–H and O–H groups in total. The van der Waals surface area contributed by atoms with E-state index in [2.05, 4.69) is 20.4 Å². The summed E-state index contributed by atoms with van der Waals surface area (Å²) in [6, 6.07) is 3.43. The van der Waals surface area contributed by atoms with E-state index in [0.717, 1.165) is 0 Å². The van der Waals surface area contributed by atoms with Crippen molar-refractivity contribution < 1.29 is 4.52 Å². The van der Waals surface area contributed by atoms with Crippen molar-refractivity contribution in [3.05, 3.63) is 30.7 Å². The number of nitrogens with zero attached hydrogens (tertiary/aromatic N) is 3. The summed E-state index contributed by atoms with van der Waals surface area (Å²) < 4.78 is 4.80. The zero-order valence-corrected chi connectivity index (χ0v) is 6.14. The topological polar surface area (TPSA) is 63.8 Å². The molecule has 5 heteroatoms. The summed E-state index contributed by atoms with van der Waals surface area (Å²) in [6.45, 7) is 0. The van der Waals surface area contributed by atoms with Gasteiger partial charge in [-0.25, -0.2) is 9.97 Å². The summed E-state index contributed by atoms with van der Waals surface area (Å²) in [4.78, 5) is 7.89. The molecule has 0 bridgehead atoms. The number of hydrogen-bond donors (Lipinski definition) is 1. The van der Waals surface area contributed by atoms with Gasteiger partial charge in [0.15, 0.2) is 0 Å². The van der Waals surface area contributed by atoms with Gasteiger partial charge in [-0.05, 0) is 6.07 Å². The van der Waals surface area contributed by atoms with E-state index in [0.29, 0.717) is 11.8 Å². The predicted molar refractivity (Wildman–Crippen MR) is 41.8 cm³/mol. The lowest BCUT2D eigenvalue weighted by Crippen LogP contribution is -1.93. The van der Waals surface area contributed by atoms with Gasteiger partial charge < -0.3 is 4.52 Å². The summed E-state index contributed by atoms with van der Waals surface area (Å²) in [6.07, 6.45) is 4.84. The van der Waals surface area contributed by atoms with Crippen LogP contribution >= 0.6 is 0 Å². The molecule has 0 saturated carbocycles. The van der Waals surface area contributed by atoms with Crippen molar-refractivity contribution in [3.63, 3.8) is 0 Å². The molecule has 0 aliphatic carbocycles. The van der Waals surface area contributed by atoms with Gasteiger partial charge in [-0.3, -0.25) is 5.32 Å². The zero-order chi connectivity index (χ0) is 8.23. The van der Waals surface area contributed by atoms with E-state index < -0.39 is 0 Å². The quantitative estimate of drug-likeness (QED) is 0.718. The lowest BCUT2D eigenvalue weighted by Gasteiger charge is -1.96. The molecule has 0 fully saturated rings. The third kappa shape index (κ3) is 1.39. The Bertz CT molecular complexity index is 332. The van der Waals surface area contributed by atoms with Crippen LogP contribution in [0, 0.1) is 0 Å². The molecule has 0 atom stereocenters. The standard InChI is InChI=1S/C7H6N4O/c1-3-8-7(9-4-1)11-6-2-5-10-12-6/h1-5H,(H,8,9,11). The van der Waals surface area contributed by atoms with Crippen molar-refractivity contribution >= 4 is 11.8 Å². The molecule has 2 aromatic rings. The molecule has 0 spiro atoms. The van der Waals surface area contributed by atoms with Crippen LogP contribution in [0.25, 0.3) is 0 Å². The molecule has 5 nitrogen and oxygen atoms in total. The maximum Gasteiger partial charge on any atom is 0.231 e. The van der Waals surface area contributed by atoms with Gasteiger partial charge in [-0.1, -0.05) is 5.16 Å². The highest BCUT2D eigenvalue weighted by Crippen LogP contribution is 2.08. The molecule has 0 radical (unpaired) electrons. The second-order valence-corrected chi connectivity index (χ2v) is 2.07. The zero-order valence-electron chi connectivity index (χ0n) is 6.14. The maximum atomic E-state index is 4.80. The number of aromatic nitrogens is 3. The summed E-state index contributed by atoms with van der Waals surface area (Å²) in [5.41, 5.74) is 0. The van der Waals surface area contributed by atoms with Gasteiger partial charge >= 0.3 is 0 Å². The van der Waals surface area contributed by atoms with Crippen LogP contribution in [0.1, 0.15) is 0 Å². The van der Waals surface area contributed by atoms with Crippen molar-refractivity contribution in [2.24, 2.45) is 0 Å². The van der Waals surface area contributed by atoms with Gasteiger partial charge in [-0.15, -0.1) is 0 Å². The first-order valence-corrected chi connectivity index (χ1v) is 3.40. The fourth-order valence-electron chi connectivity index (χ4n) is 0.754. The Labute approximate surface area is 68.4 Å². The molecule has 0 aliphatic heterocycles. The minimum atomic E-state index is 0.495. The highest BCUT2D eigenvalue weighted by molar-refractivity contribution is 5.43. The number of nitrogens with one attached hydrogen (secondary N) is 1. The largest absolute Gasteiger partial charge is 0.338 e. The monoisotopic (exact) mass is 162 g/mol. The molecule has 2 rings (SSSR count). The Morgan fingerprint density at radius 3 is 2.67 bits per heavy atom. The normalized spacial score (nSPS) is 9.67. The summed E-state index contributed by atoms with van der Waals surface area (Å²) in [5, 5.41) is 6.36. The van der Waals surface area contributed by atoms with Gasteiger partial charge in [0.05, 0.1) is 6.20 Å². The number of anilines is 2. The van der Waals surface area contributed by atoms with Gasteiger partial charge in [0.1, 0.15) is 0 Å². The SMILES string of the molecule is c1cnc(Nc2ccno2)nc1. The molecule has 0 aromatic carbocycles. The van der Waals surface area contributed by atoms with E-state index >= 15 is 0 Å². The fourth-order valence-corrected chi connectivity index (χ4v) is 0.754. The van der Waals surface area contributed by atoms with Crippen molar-refractivity contribution in [2.45, 2.75) is 0 Å². The van der Waals surface area contributed by atoms with E-state index in [1.165, 1.54) is 0 Å². The van der Waals surface area contributed by atoms with Crippen molar-refractivity contribution in [3.8, 4) is 0 Å². The van der Waals surface area contributed by atoms with Crippen LogP contribution < -0.4 is 5.32 Å². The molecule has 2 aromatic heterocycles. The van der Waals surface area contributed by atoms with Crippen LogP contribution in [-0.4, -0.2) is 15.1 Å². The Balaban J connectivity index is 2.15. The minimum absolute atomic E-state index is 0.495. The van der Waals surface area contributed by atoms with Gasteiger partial charge in [0.2, 0.25) is 11.8 Å². The Kier molecular flexibility index (Phi) is 1.69. The van der Waals surface area contributed by atoms with Crippen molar-refractivity contribution in [1.82, 2.24) is 15.1 Å². The van der Waals surface area contributed by atoms with Gasteiger partial charge in [0.25, 0.3) is 0 Å². The molecular formula is C7H6N4O. The lowest BCUT2D eigenvalue weighted by molar-refractivity contribution is 0.434. The van der Waals surface area contributed by atoms with Gasteiger partial charge in [0, 0.05) is 18.5 Å². The first-order valence-electron chi connectivity index (χ1n) is 3.40. The summed E-state index contributed by atoms with van der Waals surface area (Å²) in [5.74, 6) is 1.02. The average molecular weight is 162 g/mol. The highest BCUT2D eigenvalue weighted by Gasteiger charge is 1.97. The molecule has 0 unspecified atom stereocenters. The van der Waals surface area contributed by atoms with E-state index in [1.807, 2.05) is 0 Å². The molecular weight excluding hydrogens is 156 g/mol. The van der Waals surface area contributed by atoms with Crippen LogP contribution in [0.4, 0.5) is 11.8 Å². The Hall–Kier alpha value is -1.91. The maximum absolute atomic E-state index is 4.80. The number of hydrogen-bond acceptors (Lipinski definition) is 5. The van der Waals surface area contributed by atoms with E-state index in [9.17, 15) is 0 Å². The Morgan fingerprint density at radius 1 is 1.17 bits per heavy atom. The smallest absolute Gasteiger partial charge is 0.231 e. The molecule has 0 amide bonds. The molecule has 2 heterocycles. The van der Waals surface area contributed by atoms with E-state index in [1.54, 1.807) is 30.7 Å². The van der Waals surface area contributed by atoms with Gasteiger partial charge in [-0.2, -0.15) is 0 Å². The van der Waals surface area contributed by atoms with Crippen LogP contribution in [0.3, 0.4) is 0 Å². The lowest BCUT2D eigenvalue weighted by atomic mass is 10.6. The average Bonchev–Trinajstić information content (AvgIpc) is 2.59. The molecule has 12 heavy (non-hydrogen) atoms. The third-order valence-corrected chi connectivity index (χ3v) is 1.24. The first-order chi connectivity index (χ1) is 5.95. The van der Waals surface area contributed by atoms with Crippen LogP contribution in [-0.2, 0) is 0 Å². The summed E-state index contributed by atoms with van der Waals surface area (Å²) in [7, 11) is 0. The fraction of sp³-hybridized carbons (Fsp3) is 0. The number of rotatable bonds is 2. The molecule has 0 aliphatic rings. The first kappa shape index (κ1) is 6.78. The predicted octanol–water partition coefficient (Wildman–Crippen LogP) is 1.21. The summed E-state index contributed by atoms with van der Waals surface area (Å²) >= 11 is 0.